The number of carbonyl (C=O) groups is 2. The highest BCUT2D eigenvalue weighted by Crippen LogP contribution is 2.47. The van der Waals surface area contributed by atoms with E-state index in [1.165, 1.54) is 6.42 Å². The first-order valence-corrected chi connectivity index (χ1v) is 23.8. The molecule has 6 atom stereocenters. The van der Waals surface area contributed by atoms with Gasteiger partial charge in [0.05, 0.1) is 11.7 Å². The van der Waals surface area contributed by atoms with Crippen LogP contribution in [0.1, 0.15) is 141 Å². The number of ether oxygens (including phenoxy) is 3. The van der Waals surface area contributed by atoms with Crippen LogP contribution >= 0.6 is 0 Å². The third-order valence-corrected chi connectivity index (χ3v) is 17.5. The number of hydrogen-bond acceptors (Lipinski definition) is 6. The second-order valence-corrected chi connectivity index (χ2v) is 22.4. The molecule has 2 saturated carbocycles. The molecule has 2 aliphatic carbocycles. The molecule has 2 aromatic rings. The number of unbranched alkanes of at least 4 members (excludes halogenated alkanes) is 2. The van der Waals surface area contributed by atoms with Crippen LogP contribution < -0.4 is 0 Å². The number of benzene rings is 2. The quantitative estimate of drug-likeness (QED) is 0.0978. The van der Waals surface area contributed by atoms with E-state index in [2.05, 4.69) is 52.9 Å². The van der Waals surface area contributed by atoms with Crippen LogP contribution in [0.4, 0.5) is 0 Å². The summed E-state index contributed by atoms with van der Waals surface area (Å²) in [4.78, 5) is 27.0. The monoisotopic (exact) mass is 748 g/mol. The highest BCUT2D eigenvalue weighted by molar-refractivity contribution is 6.74. The molecule has 7 nitrogen and oxygen atoms in total. The third kappa shape index (κ3) is 10.6. The maximum atomic E-state index is 13.7. The molecule has 5 rings (SSSR count). The van der Waals surface area contributed by atoms with Gasteiger partial charge in [-0.2, -0.15) is 0 Å². The molecule has 0 bridgehead atoms. The summed E-state index contributed by atoms with van der Waals surface area (Å²) < 4.78 is 26.1. The molecule has 2 aromatic carbocycles. The van der Waals surface area contributed by atoms with Gasteiger partial charge in [-0.25, -0.2) is 9.59 Å². The Balaban J connectivity index is 1.28. The minimum atomic E-state index is -2.35. The lowest BCUT2D eigenvalue weighted by atomic mass is 9.74. The normalized spacial score (nSPS) is 25.5. The van der Waals surface area contributed by atoms with Crippen molar-refractivity contribution in [1.29, 1.82) is 0 Å². The lowest BCUT2D eigenvalue weighted by molar-refractivity contribution is -0.196. The van der Waals surface area contributed by atoms with Crippen molar-refractivity contribution in [2.75, 3.05) is 6.61 Å². The predicted molar refractivity (Wildman–Crippen MR) is 214 cm³/mol. The van der Waals surface area contributed by atoms with Gasteiger partial charge in [-0.3, -0.25) is 0 Å². The van der Waals surface area contributed by atoms with Crippen LogP contribution in [0.15, 0.2) is 54.6 Å². The number of carboxylic acid groups (broad SMARTS) is 1. The second-order valence-electron chi connectivity index (χ2n) is 17.7. The van der Waals surface area contributed by atoms with Crippen molar-refractivity contribution in [2.24, 2.45) is 17.8 Å². The Morgan fingerprint density at radius 3 is 2.09 bits per heavy atom. The standard InChI is InChI=1S/C45H68O7Si/c1-7-19-37-38(24-15-10-17-30-45(43(47)48,36-22-13-9-14-23-36)52-53(5,6)44(2,3)4)40(32-39(37)50-41-25-16-18-31-49-41)51-42(46)35-28-26-34(27-29-35)33-20-11-8-12-21-33/h8,11-12,20-21,26-29,36-41H,7,9-10,13-19,22-25,30-32H2,1-6H3,(H,47,48)/t37-,38-,39?,40+,41?,45?/m1/s1. The van der Waals surface area contributed by atoms with Crippen molar-refractivity contribution in [1.82, 2.24) is 0 Å². The summed E-state index contributed by atoms with van der Waals surface area (Å²) in [6.45, 7) is 13.9. The smallest absolute Gasteiger partial charge is 0.338 e. The van der Waals surface area contributed by atoms with Gasteiger partial charge in [-0.05, 0) is 111 Å². The number of rotatable bonds is 17. The van der Waals surface area contributed by atoms with Crippen LogP contribution in [0.2, 0.25) is 18.1 Å². The summed E-state index contributed by atoms with van der Waals surface area (Å²) in [6.07, 6.45) is 14.6. The molecule has 8 heteroatoms. The first-order valence-electron chi connectivity index (χ1n) is 20.9. The van der Waals surface area contributed by atoms with Crippen molar-refractivity contribution >= 4 is 20.3 Å². The van der Waals surface area contributed by atoms with Gasteiger partial charge >= 0.3 is 11.9 Å². The fraction of sp³-hybridized carbons (Fsp3) is 0.689. The maximum Gasteiger partial charge on any atom is 0.338 e. The number of carboxylic acids is 1. The SMILES string of the molecule is CCC[C@H]1C(OC2CCCCO2)C[C@H](OC(=O)c2ccc(-c3ccccc3)cc2)[C@@H]1CCCCCC(O[Si](C)(C)C(C)(C)C)(C(=O)O)C1CCCCC1. The summed E-state index contributed by atoms with van der Waals surface area (Å²) in [5.41, 5.74) is 1.61. The molecule has 0 aromatic heterocycles. The van der Waals surface area contributed by atoms with Crippen molar-refractivity contribution in [2.45, 2.75) is 173 Å². The number of carbonyl (C=O) groups excluding carboxylic acids is 1. The van der Waals surface area contributed by atoms with E-state index in [-0.39, 0.29) is 47.3 Å². The van der Waals surface area contributed by atoms with E-state index < -0.39 is 19.9 Å². The lowest BCUT2D eigenvalue weighted by Gasteiger charge is -2.48. The second kappa shape index (κ2) is 18.9. The van der Waals surface area contributed by atoms with Crippen LogP contribution in [0.5, 0.6) is 0 Å². The minimum Gasteiger partial charge on any atom is -0.479 e. The molecule has 53 heavy (non-hydrogen) atoms. The zero-order valence-corrected chi connectivity index (χ0v) is 34.6. The largest absolute Gasteiger partial charge is 0.479 e. The van der Waals surface area contributed by atoms with Crippen molar-refractivity contribution < 1.29 is 33.3 Å². The van der Waals surface area contributed by atoms with Gasteiger partial charge < -0.3 is 23.7 Å². The zero-order chi connectivity index (χ0) is 38.1. The summed E-state index contributed by atoms with van der Waals surface area (Å²) in [7, 11) is -2.35. The Labute approximate surface area is 321 Å². The average molecular weight is 749 g/mol. The summed E-state index contributed by atoms with van der Waals surface area (Å²) in [6, 6.07) is 17.9. The number of esters is 1. The highest BCUT2D eigenvalue weighted by atomic mass is 28.4. The molecule has 1 saturated heterocycles. The van der Waals surface area contributed by atoms with Crippen LogP contribution in [0.25, 0.3) is 11.1 Å². The van der Waals surface area contributed by atoms with E-state index in [1.54, 1.807) is 0 Å². The van der Waals surface area contributed by atoms with Crippen LogP contribution in [0, 0.1) is 17.8 Å². The van der Waals surface area contributed by atoms with Gasteiger partial charge in [0.2, 0.25) is 0 Å². The Bertz CT molecular complexity index is 1420. The topological polar surface area (TPSA) is 91.3 Å². The van der Waals surface area contributed by atoms with Gasteiger partial charge in [0.15, 0.2) is 20.2 Å². The first kappa shape index (κ1) is 41.6. The average Bonchev–Trinajstić information content (AvgIpc) is 3.45. The van der Waals surface area contributed by atoms with Gasteiger partial charge in [-0.1, -0.05) is 109 Å². The fourth-order valence-electron chi connectivity index (χ4n) is 8.99. The summed E-state index contributed by atoms with van der Waals surface area (Å²) >= 11 is 0. The minimum absolute atomic E-state index is 0.0229. The molecule has 1 aliphatic heterocycles. The molecule has 3 fully saturated rings. The fourth-order valence-corrected chi connectivity index (χ4v) is 10.6. The predicted octanol–water partition coefficient (Wildman–Crippen LogP) is 11.6. The number of hydrogen-bond donors (Lipinski definition) is 1. The van der Waals surface area contributed by atoms with Gasteiger partial charge in [-0.15, -0.1) is 0 Å². The number of aliphatic carboxylic acids is 1. The summed E-state index contributed by atoms with van der Waals surface area (Å²) in [5.74, 6) is -0.571. The van der Waals surface area contributed by atoms with Gasteiger partial charge in [0.25, 0.3) is 0 Å². The Hall–Kier alpha value is -2.52. The van der Waals surface area contributed by atoms with Crippen LogP contribution in [0.3, 0.4) is 0 Å². The lowest BCUT2D eigenvalue weighted by Crippen LogP contribution is -2.57. The molecule has 3 unspecified atom stereocenters. The van der Waals surface area contributed by atoms with E-state index in [1.807, 2.05) is 42.5 Å². The zero-order valence-electron chi connectivity index (χ0n) is 33.6. The van der Waals surface area contributed by atoms with E-state index in [0.29, 0.717) is 18.4 Å². The first-order chi connectivity index (χ1) is 25.3. The molecule has 1 heterocycles. The molecule has 294 valence electrons. The van der Waals surface area contributed by atoms with Crippen molar-refractivity contribution in [3.05, 3.63) is 60.2 Å². The molecule has 0 radical (unpaired) electrons. The molecule has 1 N–H and O–H groups in total. The molecule has 0 amide bonds. The molecular weight excluding hydrogens is 681 g/mol. The van der Waals surface area contributed by atoms with E-state index in [0.717, 1.165) is 101 Å². The Morgan fingerprint density at radius 1 is 0.811 bits per heavy atom. The Kier molecular flexibility index (Phi) is 14.8. The highest BCUT2D eigenvalue weighted by Gasteiger charge is 2.53. The maximum absolute atomic E-state index is 13.7. The van der Waals surface area contributed by atoms with Crippen LogP contribution in [-0.4, -0.2) is 56.1 Å². The van der Waals surface area contributed by atoms with Crippen molar-refractivity contribution in [3.8, 4) is 11.1 Å². The summed E-state index contributed by atoms with van der Waals surface area (Å²) in [5, 5.41) is 10.8. The molecule has 3 aliphatic rings. The Morgan fingerprint density at radius 2 is 1.47 bits per heavy atom. The van der Waals surface area contributed by atoms with Gasteiger partial charge in [0.1, 0.15) is 6.10 Å². The van der Waals surface area contributed by atoms with E-state index in [4.69, 9.17) is 18.6 Å². The van der Waals surface area contributed by atoms with E-state index >= 15 is 0 Å². The molecular formula is C45H68O7Si. The van der Waals surface area contributed by atoms with Crippen LogP contribution in [-0.2, 0) is 23.4 Å². The van der Waals surface area contributed by atoms with E-state index in [9.17, 15) is 14.7 Å². The van der Waals surface area contributed by atoms with Gasteiger partial charge in [0, 0.05) is 18.9 Å². The van der Waals surface area contributed by atoms with Crippen molar-refractivity contribution in [3.63, 3.8) is 0 Å². The molecule has 0 spiro atoms. The third-order valence-electron chi connectivity index (χ3n) is 13.0.